The number of hydroxylamine groups is 2. The number of rotatable bonds is 49. The molecule has 2 saturated heterocycles. The molecule has 118 heavy (non-hydrogen) atoms. The number of fused-ring (bicyclic) bond motifs is 1. The first-order chi connectivity index (χ1) is 55.8. The van der Waals surface area contributed by atoms with E-state index in [1.807, 2.05) is 85.7 Å². The van der Waals surface area contributed by atoms with Gasteiger partial charge in [-0.3, -0.25) is 52.9 Å². The molecule has 0 bridgehead atoms. The highest BCUT2D eigenvalue weighted by molar-refractivity contribution is 8.77. The quantitative estimate of drug-likeness (QED) is 0.0174. The van der Waals surface area contributed by atoms with Crippen molar-refractivity contribution in [3.63, 3.8) is 0 Å². The fourth-order valence-electron chi connectivity index (χ4n) is 15.4. The molecule has 2 fully saturated rings. The first-order valence-corrected chi connectivity index (χ1v) is 43.2. The summed E-state index contributed by atoms with van der Waals surface area (Å²) in [6, 6.07) is 15.0. The molecule has 652 valence electrons. The van der Waals surface area contributed by atoms with Crippen molar-refractivity contribution >= 4 is 110 Å². The van der Waals surface area contributed by atoms with Crippen LogP contribution in [0, 0.1) is 47.3 Å². The number of aliphatic hydroxyl groups excluding tert-OH is 1. The van der Waals surface area contributed by atoms with Crippen molar-refractivity contribution in [2.45, 2.75) is 233 Å². The summed E-state index contributed by atoms with van der Waals surface area (Å²) >= 11 is 0. The van der Waals surface area contributed by atoms with E-state index in [9.17, 15) is 72.5 Å². The average molecular weight is 1690 g/mol. The lowest BCUT2D eigenvalue weighted by atomic mass is 9.84. The number of carbonyl (C=O) groups excluding carboxylic acids is 13. The largest absolute Gasteiger partial charge is 0.507 e. The van der Waals surface area contributed by atoms with Gasteiger partial charge in [0.1, 0.15) is 29.6 Å². The fraction of sp³-hybridized carbons (Fsp3) is 0.628. The van der Waals surface area contributed by atoms with Crippen molar-refractivity contribution in [2.75, 3.05) is 72.2 Å². The van der Waals surface area contributed by atoms with Gasteiger partial charge < -0.3 is 75.1 Å². The molecule has 3 aliphatic rings. The van der Waals surface area contributed by atoms with Crippen molar-refractivity contribution in [3.8, 4) is 17.2 Å². The molecular weight excluding hydrogens is 1560 g/mol. The molecule has 0 radical (unpaired) electrons. The Labute approximate surface area is 701 Å². The number of benzene rings is 3. The zero-order chi connectivity index (χ0) is 87.4. The number of primary amides is 1. The number of aliphatic hydroxyl groups is 1. The van der Waals surface area contributed by atoms with Crippen molar-refractivity contribution in [1.29, 1.82) is 0 Å². The Balaban J connectivity index is 0.968. The lowest BCUT2D eigenvalue weighted by molar-refractivity contribution is -0.197. The van der Waals surface area contributed by atoms with Crippen LogP contribution in [-0.2, 0) is 78.4 Å². The first-order valence-electron chi connectivity index (χ1n) is 40.9. The highest BCUT2D eigenvalue weighted by Gasteiger charge is 2.45. The summed E-state index contributed by atoms with van der Waals surface area (Å²) in [5.41, 5.74) is 7.76. The predicted molar refractivity (Wildman–Crippen MR) is 448 cm³/mol. The van der Waals surface area contributed by atoms with Gasteiger partial charge >= 0.3 is 18.1 Å². The van der Waals surface area contributed by atoms with Crippen LogP contribution in [0.25, 0.3) is 0 Å². The molecule has 11 atom stereocenters. The predicted octanol–water partition coefficient (Wildman–Crippen LogP) is 10.7. The van der Waals surface area contributed by atoms with Crippen LogP contribution in [0.5, 0.6) is 17.2 Å². The number of imide groups is 1. The number of ether oxygens (including phenoxy) is 5. The molecule has 3 heterocycles. The van der Waals surface area contributed by atoms with E-state index in [2.05, 4.69) is 20.9 Å². The number of carbonyl (C=O) groups is 13. The molecule has 30 nitrogen and oxygen atoms in total. The van der Waals surface area contributed by atoms with Gasteiger partial charge in [0, 0.05) is 139 Å². The molecule has 3 aromatic rings. The van der Waals surface area contributed by atoms with E-state index in [1.165, 1.54) is 46.7 Å². The molecule has 0 unspecified atom stereocenters. The number of phenols is 1. The fourth-order valence-corrected chi connectivity index (χ4v) is 17.9. The minimum atomic E-state index is -0.987. The molecule has 0 aliphatic carbocycles. The van der Waals surface area contributed by atoms with Crippen LogP contribution >= 0.6 is 21.6 Å². The zero-order valence-corrected chi connectivity index (χ0v) is 73.0. The van der Waals surface area contributed by atoms with Gasteiger partial charge in [-0.05, 0) is 98.8 Å². The van der Waals surface area contributed by atoms with Gasteiger partial charge in [-0.1, -0.05) is 133 Å². The normalized spacial score (nSPS) is 17.2. The molecule has 0 saturated carbocycles. The van der Waals surface area contributed by atoms with Crippen LogP contribution in [0.4, 0.5) is 15.3 Å². The number of amides is 9. The number of Topliss-reactive ketones (excluding diaryl/α,β-unsaturated/α-hetero) is 4. The number of aromatic hydroxyl groups is 1. The van der Waals surface area contributed by atoms with Gasteiger partial charge in [-0.15, -0.1) is 5.06 Å². The number of aliphatic imine (C=N–C) groups is 1. The number of ketones is 4. The topological polar surface area (TPSA) is 405 Å². The average Bonchev–Trinajstić information content (AvgIpc) is 1.19. The summed E-state index contributed by atoms with van der Waals surface area (Å²) in [4.78, 5) is 188. The summed E-state index contributed by atoms with van der Waals surface area (Å²) in [6.45, 7) is 22.7. The molecule has 3 aromatic carbocycles. The number of methoxy groups -OCH3 is 2. The Hall–Kier alpha value is -8.98. The molecule has 0 aromatic heterocycles. The maximum absolute atomic E-state index is 14.8. The molecule has 3 aliphatic heterocycles. The standard InChI is InChI=1S/C86H125N9O21S2/c1-50(2)62(83(108)92(13)79(53(7)8)70(111-15)46-74(104)94-37-21-26-64(94)81(112-16)55(10)65(97)41-54(9)80(106)57-23-18-17-19-24-57)45-68(100)78(52(5)6)93(14)85(110)115-49-56-28-30-59(31-29-56)90-82(107)58(25-20-36-88-84(87)109)42-67(99)77(51(3)4)91-71(101)35-40-117-118-86(11,12)47-60(96)48-89-63-34-39-114-69-44-61(43-66(98)76(63)69)113-38-22-27-75(105)116-95-72(102)32-33-73(95)103/h17-19,23-24,28-31,43-44,50-55,58,62,64,70,77-81,98,106H,20-22,25-27,32-42,45-49H2,1-16H3,(H,90,107)(H,91,101)(H3,87,88,109)/t54-,55-,58+,62-,64-,70+,77-,78-,79-,80+,81+/m0/s1. The van der Waals surface area contributed by atoms with Crippen LogP contribution in [0.15, 0.2) is 71.7 Å². The molecular formula is C86H125N9O21S2. The van der Waals surface area contributed by atoms with E-state index < -0.39 is 107 Å². The van der Waals surface area contributed by atoms with Crippen LogP contribution in [0.2, 0.25) is 0 Å². The van der Waals surface area contributed by atoms with E-state index in [0.717, 1.165) is 5.56 Å². The molecule has 7 N–H and O–H groups in total. The van der Waals surface area contributed by atoms with Gasteiger partial charge in [-0.25, -0.2) is 14.4 Å². The zero-order valence-electron chi connectivity index (χ0n) is 71.3. The third-order valence-corrected chi connectivity index (χ3v) is 25.0. The number of nitrogens with zero attached hydrogens (tertiary/aromatic N) is 5. The molecule has 9 amide bonds. The number of likely N-dealkylation sites (tertiary alicyclic amines) is 1. The van der Waals surface area contributed by atoms with Gasteiger partial charge in [0.05, 0.1) is 86.4 Å². The van der Waals surface area contributed by atoms with Gasteiger partial charge in [0.25, 0.3) is 11.8 Å². The second-order valence-electron chi connectivity index (χ2n) is 32.9. The number of phenolic OH excluding ortho intramolecular Hbond substituents is 1. The first kappa shape index (κ1) is 97.8. The van der Waals surface area contributed by atoms with Gasteiger partial charge in [-0.2, -0.15) is 0 Å². The third kappa shape index (κ3) is 29.2. The van der Waals surface area contributed by atoms with E-state index in [4.69, 9.17) is 34.3 Å². The van der Waals surface area contributed by atoms with Gasteiger partial charge in [0.2, 0.25) is 23.6 Å². The van der Waals surface area contributed by atoms with E-state index in [-0.39, 0.29) is 180 Å². The van der Waals surface area contributed by atoms with Crippen LogP contribution in [0.1, 0.15) is 202 Å². The number of anilines is 1. The third-order valence-electron chi connectivity index (χ3n) is 21.7. The summed E-state index contributed by atoms with van der Waals surface area (Å²) < 4.78 is 28.8. The summed E-state index contributed by atoms with van der Waals surface area (Å²) in [6.07, 6.45) is -1.09. The number of nitrogens with two attached hydrogens (primary N) is 1. The second-order valence-corrected chi connectivity index (χ2v) is 36.0. The summed E-state index contributed by atoms with van der Waals surface area (Å²) in [5.74, 6) is -7.53. The van der Waals surface area contributed by atoms with Gasteiger partial charge in [0.15, 0.2) is 17.3 Å². The maximum atomic E-state index is 14.8. The van der Waals surface area contributed by atoms with E-state index >= 15 is 0 Å². The Bertz CT molecular complexity index is 3960. The highest BCUT2D eigenvalue weighted by atomic mass is 33.1. The highest BCUT2D eigenvalue weighted by Crippen LogP contribution is 2.41. The minimum absolute atomic E-state index is 0.0167. The van der Waals surface area contributed by atoms with Crippen LogP contribution in [-0.4, -0.2) is 220 Å². The lowest BCUT2D eigenvalue weighted by Crippen LogP contribution is -2.54. The number of nitrogens with one attached hydrogen (secondary N) is 3. The number of likely N-dealkylation sites (N-methyl/N-ethyl adjacent to an activating group) is 2. The summed E-state index contributed by atoms with van der Waals surface area (Å²) in [7, 11) is 9.00. The lowest BCUT2D eigenvalue weighted by Gasteiger charge is -2.40. The number of urea groups is 1. The number of hydrogen-bond donors (Lipinski definition) is 6. The SMILES string of the molecule is CO[C@H]([C@@H](C)C(=O)C[C@H](C)[C@@H](O)c1ccccc1)[C@@H]1CCCN1C(=O)C[C@@H](OC)[C@H](C(C)C)N(C)C(=O)[C@@H](CC(=O)[C@H](C(C)C)N(C)C(=O)OCc1ccc(NC(=O)[C@H](CCCNC(N)=O)CC(=O)[C@@H](NC(=O)CCSSC(C)(C)CC(=O)CN=C2CCOc3cc(OCCCC(=O)ON4C(=O)CCC4=O)cc(O)c32)C(C)C)cc1)C(C)C. The molecule has 6 rings (SSSR count). The Morgan fingerprint density at radius 1 is 0.771 bits per heavy atom. The van der Waals surface area contributed by atoms with Crippen molar-refractivity contribution < 1.29 is 101 Å². The smallest absolute Gasteiger partial charge is 0.410 e. The van der Waals surface area contributed by atoms with E-state index in [0.29, 0.717) is 71.3 Å². The molecule has 0 spiro atoms. The van der Waals surface area contributed by atoms with Crippen molar-refractivity contribution in [1.82, 2.24) is 30.4 Å². The Kier molecular flexibility index (Phi) is 39.1. The van der Waals surface area contributed by atoms with Crippen molar-refractivity contribution in [2.24, 2.45) is 58.1 Å². The second kappa shape index (κ2) is 47.1. The maximum Gasteiger partial charge on any atom is 0.410 e. The van der Waals surface area contributed by atoms with Crippen LogP contribution < -0.4 is 31.2 Å². The van der Waals surface area contributed by atoms with Crippen molar-refractivity contribution in [3.05, 3.63) is 83.4 Å². The Morgan fingerprint density at radius 3 is 2.07 bits per heavy atom. The van der Waals surface area contributed by atoms with Crippen LogP contribution in [0.3, 0.4) is 0 Å². The number of hydrogen-bond acceptors (Lipinski definition) is 24. The van der Waals surface area contributed by atoms with E-state index in [1.54, 1.807) is 82.0 Å². The monoisotopic (exact) mass is 1680 g/mol. The Morgan fingerprint density at radius 2 is 1.45 bits per heavy atom. The molecule has 32 heteroatoms. The minimum Gasteiger partial charge on any atom is -0.507 e. The summed E-state index contributed by atoms with van der Waals surface area (Å²) in [5, 5.41) is 30.8.